The lowest BCUT2D eigenvalue weighted by Crippen LogP contribution is -2.87. The van der Waals surface area contributed by atoms with E-state index in [0.717, 1.165) is 12.1 Å². The molecule has 1 rings (SSSR count). The molecule has 0 saturated carbocycles. The van der Waals surface area contributed by atoms with Gasteiger partial charge in [-0.05, 0) is 39.0 Å². The molecule has 1 atom stereocenters. The summed E-state index contributed by atoms with van der Waals surface area (Å²) in [5.41, 5.74) is 0.563. The minimum Gasteiger partial charge on any atom is -0.336 e. The number of nitrogens with two attached hydrogens (primary N) is 1. The molecule has 3 amide bonds. The van der Waals surface area contributed by atoms with Crippen molar-refractivity contribution < 1.29 is 23.7 Å². The number of carbonyl (C=O) groups is 2. The van der Waals surface area contributed by atoms with Gasteiger partial charge in [0, 0.05) is 11.6 Å². The Balaban J connectivity index is 2.45. The molecule has 0 spiro atoms. The standard InChI is InChI=1S/C14H19F2N3O2/c1-8(2)18-14(21)19-13(20)7-17-9(3)10-4-5-11(15)12(16)6-10/h4-6,8-9,17H,7H2,1-3H3,(H2,18,19,20,21)/p+1/t9-/m1/s1. The van der Waals surface area contributed by atoms with E-state index in [-0.39, 0.29) is 18.6 Å². The van der Waals surface area contributed by atoms with Crippen molar-refractivity contribution in [1.82, 2.24) is 10.6 Å². The molecule has 1 aromatic rings. The van der Waals surface area contributed by atoms with Crippen LogP contribution in [-0.4, -0.2) is 24.5 Å². The molecule has 0 saturated heterocycles. The molecular weight excluding hydrogens is 280 g/mol. The monoisotopic (exact) mass is 300 g/mol. The molecule has 0 aliphatic carbocycles. The zero-order chi connectivity index (χ0) is 16.0. The Morgan fingerprint density at radius 1 is 1.19 bits per heavy atom. The topological polar surface area (TPSA) is 74.8 Å². The first kappa shape index (κ1) is 17.0. The molecule has 1 aromatic carbocycles. The fraction of sp³-hybridized carbons (Fsp3) is 0.429. The van der Waals surface area contributed by atoms with E-state index < -0.39 is 23.6 Å². The van der Waals surface area contributed by atoms with Crippen molar-refractivity contribution in [3.63, 3.8) is 0 Å². The third-order valence-corrected chi connectivity index (χ3v) is 2.80. The van der Waals surface area contributed by atoms with Gasteiger partial charge in [-0.15, -0.1) is 0 Å². The van der Waals surface area contributed by atoms with Crippen LogP contribution in [0.2, 0.25) is 0 Å². The molecule has 0 aromatic heterocycles. The summed E-state index contributed by atoms with van der Waals surface area (Å²) >= 11 is 0. The summed E-state index contributed by atoms with van der Waals surface area (Å²) in [5.74, 6) is -2.29. The lowest BCUT2D eigenvalue weighted by Gasteiger charge is -2.12. The van der Waals surface area contributed by atoms with Gasteiger partial charge in [0.1, 0.15) is 6.04 Å². The average Bonchev–Trinajstić information content (AvgIpc) is 2.38. The van der Waals surface area contributed by atoms with Crippen LogP contribution in [-0.2, 0) is 4.79 Å². The van der Waals surface area contributed by atoms with E-state index in [1.165, 1.54) is 6.07 Å². The second-order valence-corrected chi connectivity index (χ2v) is 5.08. The third kappa shape index (κ3) is 5.86. The molecule has 0 aliphatic heterocycles. The zero-order valence-electron chi connectivity index (χ0n) is 12.2. The summed E-state index contributed by atoms with van der Waals surface area (Å²) in [6.45, 7) is 5.32. The van der Waals surface area contributed by atoms with E-state index >= 15 is 0 Å². The van der Waals surface area contributed by atoms with E-state index in [1.54, 1.807) is 26.1 Å². The predicted octanol–water partition coefficient (Wildman–Crippen LogP) is 0.823. The molecule has 0 heterocycles. The Morgan fingerprint density at radius 3 is 2.43 bits per heavy atom. The van der Waals surface area contributed by atoms with Crippen LogP contribution in [0.3, 0.4) is 0 Å². The third-order valence-electron chi connectivity index (χ3n) is 2.80. The van der Waals surface area contributed by atoms with Crippen molar-refractivity contribution in [1.29, 1.82) is 0 Å². The number of hydrogen-bond acceptors (Lipinski definition) is 2. The molecule has 116 valence electrons. The van der Waals surface area contributed by atoms with Gasteiger partial charge in [0.2, 0.25) is 0 Å². The molecule has 4 N–H and O–H groups in total. The first-order valence-corrected chi connectivity index (χ1v) is 6.68. The second-order valence-electron chi connectivity index (χ2n) is 5.08. The average molecular weight is 300 g/mol. The number of halogens is 2. The molecule has 0 bridgehead atoms. The minimum atomic E-state index is -0.923. The lowest BCUT2D eigenvalue weighted by atomic mass is 10.1. The number of quaternary nitrogens is 1. The van der Waals surface area contributed by atoms with Crippen LogP contribution in [0.1, 0.15) is 32.4 Å². The quantitative estimate of drug-likeness (QED) is 0.753. The van der Waals surface area contributed by atoms with Crippen LogP contribution in [0.25, 0.3) is 0 Å². The first-order chi connectivity index (χ1) is 9.79. The number of urea groups is 1. The summed E-state index contributed by atoms with van der Waals surface area (Å²) in [6, 6.07) is 2.75. The Bertz CT molecular complexity index is 521. The SMILES string of the molecule is CC(C)NC(=O)NC(=O)C[NH2+][C@H](C)c1ccc(F)c(F)c1. The molecule has 0 unspecified atom stereocenters. The first-order valence-electron chi connectivity index (χ1n) is 6.68. The fourth-order valence-electron chi connectivity index (χ4n) is 1.69. The van der Waals surface area contributed by atoms with Crippen LogP contribution >= 0.6 is 0 Å². The van der Waals surface area contributed by atoms with Crippen molar-refractivity contribution in [3.05, 3.63) is 35.4 Å². The highest BCUT2D eigenvalue weighted by molar-refractivity contribution is 5.94. The van der Waals surface area contributed by atoms with Gasteiger partial charge >= 0.3 is 6.03 Å². The van der Waals surface area contributed by atoms with Crippen molar-refractivity contribution >= 4 is 11.9 Å². The Morgan fingerprint density at radius 2 is 1.86 bits per heavy atom. The van der Waals surface area contributed by atoms with E-state index in [1.807, 2.05) is 0 Å². The van der Waals surface area contributed by atoms with Gasteiger partial charge in [0.05, 0.1) is 0 Å². The van der Waals surface area contributed by atoms with Crippen LogP contribution in [0, 0.1) is 11.6 Å². The summed E-state index contributed by atoms with van der Waals surface area (Å²) < 4.78 is 25.9. The predicted molar refractivity (Wildman–Crippen MR) is 73.4 cm³/mol. The maximum absolute atomic E-state index is 13.1. The number of imide groups is 1. The van der Waals surface area contributed by atoms with Crippen LogP contribution in [0.5, 0.6) is 0 Å². The van der Waals surface area contributed by atoms with Crippen molar-refractivity contribution in [2.45, 2.75) is 32.9 Å². The Hall–Kier alpha value is -2.02. The number of rotatable bonds is 5. The van der Waals surface area contributed by atoms with Gasteiger partial charge in [-0.1, -0.05) is 0 Å². The molecule has 0 fully saturated rings. The maximum Gasteiger partial charge on any atom is 0.321 e. The molecule has 21 heavy (non-hydrogen) atoms. The van der Waals surface area contributed by atoms with E-state index in [9.17, 15) is 18.4 Å². The minimum absolute atomic E-state index is 0.00563. The highest BCUT2D eigenvalue weighted by atomic mass is 19.2. The fourth-order valence-corrected chi connectivity index (χ4v) is 1.69. The second kappa shape index (κ2) is 7.68. The molecule has 5 nitrogen and oxygen atoms in total. The summed E-state index contributed by atoms with van der Waals surface area (Å²) in [7, 11) is 0. The van der Waals surface area contributed by atoms with Crippen molar-refractivity contribution in [2.24, 2.45) is 0 Å². The zero-order valence-corrected chi connectivity index (χ0v) is 12.2. The highest BCUT2D eigenvalue weighted by Crippen LogP contribution is 2.12. The van der Waals surface area contributed by atoms with Crippen LogP contribution < -0.4 is 16.0 Å². The van der Waals surface area contributed by atoms with Gasteiger partial charge < -0.3 is 10.6 Å². The molecular formula is C14H20F2N3O2+. The van der Waals surface area contributed by atoms with Crippen LogP contribution in [0.15, 0.2) is 18.2 Å². The van der Waals surface area contributed by atoms with Gasteiger partial charge in [0.25, 0.3) is 5.91 Å². The molecule has 0 aliphatic rings. The molecule has 0 radical (unpaired) electrons. The molecule has 7 heteroatoms. The summed E-state index contributed by atoms with van der Waals surface area (Å²) in [6.07, 6.45) is 0. The number of carbonyl (C=O) groups excluding carboxylic acids is 2. The maximum atomic E-state index is 13.1. The number of benzene rings is 1. The highest BCUT2D eigenvalue weighted by Gasteiger charge is 2.15. The summed E-state index contributed by atoms with van der Waals surface area (Å²) in [4.78, 5) is 22.9. The van der Waals surface area contributed by atoms with Gasteiger partial charge in [-0.2, -0.15) is 0 Å². The smallest absolute Gasteiger partial charge is 0.321 e. The van der Waals surface area contributed by atoms with E-state index in [2.05, 4.69) is 10.6 Å². The Labute approximate surface area is 122 Å². The number of hydrogen-bond donors (Lipinski definition) is 3. The largest absolute Gasteiger partial charge is 0.336 e. The Kier molecular flexibility index (Phi) is 6.23. The van der Waals surface area contributed by atoms with E-state index in [4.69, 9.17) is 0 Å². The normalized spacial score (nSPS) is 12.1. The van der Waals surface area contributed by atoms with Crippen molar-refractivity contribution in [2.75, 3.05) is 6.54 Å². The van der Waals surface area contributed by atoms with Crippen LogP contribution in [0.4, 0.5) is 13.6 Å². The van der Waals surface area contributed by atoms with Gasteiger partial charge in [-0.3, -0.25) is 10.1 Å². The van der Waals surface area contributed by atoms with E-state index in [0.29, 0.717) is 5.56 Å². The lowest BCUT2D eigenvalue weighted by molar-refractivity contribution is -0.682. The van der Waals surface area contributed by atoms with Gasteiger partial charge in [-0.25, -0.2) is 13.6 Å². The summed E-state index contributed by atoms with van der Waals surface area (Å²) in [5, 5.41) is 6.34. The van der Waals surface area contributed by atoms with Crippen molar-refractivity contribution in [3.8, 4) is 0 Å². The van der Waals surface area contributed by atoms with Gasteiger partial charge in [0.15, 0.2) is 18.2 Å². The number of nitrogens with one attached hydrogen (secondary N) is 2. The number of amides is 3.